The van der Waals surface area contributed by atoms with Gasteiger partial charge in [-0.25, -0.2) is 5.43 Å². The van der Waals surface area contributed by atoms with Gasteiger partial charge in [-0.3, -0.25) is 0 Å². The van der Waals surface area contributed by atoms with Crippen LogP contribution in [0.2, 0.25) is 0 Å². The van der Waals surface area contributed by atoms with E-state index >= 15 is 0 Å². The molecule has 0 radical (unpaired) electrons. The van der Waals surface area contributed by atoms with Crippen molar-refractivity contribution in [3.8, 4) is 0 Å². The normalized spacial score (nSPS) is 22.0. The highest BCUT2D eigenvalue weighted by atomic mass is 15.5. The van der Waals surface area contributed by atoms with Crippen molar-refractivity contribution >= 4 is 5.69 Å². The number of hydrazine groups is 1. The number of nitrogens with one attached hydrogen (secondary N) is 1. The lowest BCUT2D eigenvalue weighted by molar-refractivity contribution is 0.583. The molecule has 0 fully saturated rings. The van der Waals surface area contributed by atoms with Gasteiger partial charge in [-0.15, -0.1) is 0 Å². The summed E-state index contributed by atoms with van der Waals surface area (Å²) in [6.45, 7) is 3.31. The number of allylic oxidation sites excluding steroid dienone is 2. The minimum absolute atomic E-state index is 0.279. The molecular formula is C23H26N2. The molecule has 4 rings (SSSR count). The number of fused-ring (bicyclic) bond motifs is 1. The molecule has 0 spiro atoms. The van der Waals surface area contributed by atoms with Crippen molar-refractivity contribution < 1.29 is 0 Å². The second-order valence-electron chi connectivity index (χ2n) is 6.94. The van der Waals surface area contributed by atoms with E-state index in [0.29, 0.717) is 5.92 Å². The average Bonchev–Trinajstić information content (AvgIpc) is 3.06. The van der Waals surface area contributed by atoms with Gasteiger partial charge in [0.15, 0.2) is 0 Å². The van der Waals surface area contributed by atoms with Crippen LogP contribution in [0.5, 0.6) is 0 Å². The van der Waals surface area contributed by atoms with Crippen molar-refractivity contribution in [3.05, 3.63) is 89.5 Å². The van der Waals surface area contributed by atoms with E-state index in [1.54, 1.807) is 0 Å². The first kappa shape index (κ1) is 16.2. The fourth-order valence-corrected chi connectivity index (χ4v) is 3.83. The minimum atomic E-state index is 0.279. The van der Waals surface area contributed by atoms with Crippen LogP contribution in [0, 0.1) is 0 Å². The number of para-hydroxylation sites is 1. The molecule has 25 heavy (non-hydrogen) atoms. The Morgan fingerprint density at radius 3 is 2.60 bits per heavy atom. The molecule has 1 aliphatic heterocycles. The predicted octanol–water partition coefficient (Wildman–Crippen LogP) is 5.52. The Labute approximate surface area is 150 Å². The summed E-state index contributed by atoms with van der Waals surface area (Å²) in [5.74, 6) is 0.498. The van der Waals surface area contributed by atoms with E-state index in [9.17, 15) is 0 Å². The molecular weight excluding hydrogens is 304 g/mol. The summed E-state index contributed by atoms with van der Waals surface area (Å²) in [6, 6.07) is 19.9. The zero-order valence-electron chi connectivity index (χ0n) is 14.9. The molecule has 2 nitrogen and oxygen atoms in total. The van der Waals surface area contributed by atoms with Gasteiger partial charge in [0.05, 0.1) is 11.7 Å². The maximum Gasteiger partial charge on any atom is 0.0779 e. The SMILES string of the molecule is CCCCN1NC(C2=CCC(c3ccccc3)C=C2)c2ccccc21. The van der Waals surface area contributed by atoms with E-state index < -0.39 is 0 Å². The standard InChI is InChI=1S/C23H26N2/c1-2-3-17-25-22-12-8-7-11-21(22)23(24-25)20-15-13-19(14-16-20)18-9-5-4-6-10-18/h4-13,15-16,19,23-24H,2-3,14,17H2,1H3. The topological polar surface area (TPSA) is 15.3 Å². The number of unbranched alkanes of at least 4 members (excludes halogenated alkanes) is 1. The van der Waals surface area contributed by atoms with E-state index in [0.717, 1.165) is 13.0 Å². The Balaban J connectivity index is 1.53. The van der Waals surface area contributed by atoms with Crippen LogP contribution in [0.1, 0.15) is 49.3 Å². The third kappa shape index (κ3) is 3.27. The Morgan fingerprint density at radius 1 is 1.04 bits per heavy atom. The zero-order valence-corrected chi connectivity index (χ0v) is 14.9. The number of rotatable bonds is 5. The molecule has 1 aliphatic carbocycles. The van der Waals surface area contributed by atoms with E-state index in [2.05, 4.69) is 90.2 Å². The molecule has 0 aromatic heterocycles. The molecule has 2 aromatic carbocycles. The van der Waals surface area contributed by atoms with E-state index in [4.69, 9.17) is 0 Å². The Kier molecular flexibility index (Phi) is 4.71. The molecule has 2 heteroatoms. The summed E-state index contributed by atoms with van der Waals surface area (Å²) >= 11 is 0. The first-order valence-corrected chi connectivity index (χ1v) is 9.42. The molecule has 1 heterocycles. The second kappa shape index (κ2) is 7.28. The highest BCUT2D eigenvalue weighted by Gasteiger charge is 2.30. The quantitative estimate of drug-likeness (QED) is 0.776. The molecule has 0 amide bonds. The van der Waals surface area contributed by atoms with Crippen LogP contribution in [0.3, 0.4) is 0 Å². The van der Waals surface area contributed by atoms with Gasteiger partial charge in [0, 0.05) is 18.0 Å². The molecule has 2 unspecified atom stereocenters. The summed E-state index contributed by atoms with van der Waals surface area (Å²) in [5, 5.41) is 2.33. The van der Waals surface area contributed by atoms with E-state index in [1.165, 1.54) is 35.2 Å². The number of hydrogen-bond acceptors (Lipinski definition) is 2. The summed E-state index contributed by atoms with van der Waals surface area (Å²) in [6.07, 6.45) is 10.6. The smallest absolute Gasteiger partial charge is 0.0779 e. The Morgan fingerprint density at radius 2 is 1.84 bits per heavy atom. The van der Waals surface area contributed by atoms with Gasteiger partial charge >= 0.3 is 0 Å². The number of nitrogens with zero attached hydrogens (tertiary/aromatic N) is 1. The highest BCUT2D eigenvalue weighted by molar-refractivity contribution is 5.61. The third-order valence-corrected chi connectivity index (χ3v) is 5.25. The lowest BCUT2D eigenvalue weighted by Gasteiger charge is -2.23. The van der Waals surface area contributed by atoms with Crippen LogP contribution >= 0.6 is 0 Å². The number of anilines is 1. The summed E-state index contributed by atoms with van der Waals surface area (Å²) in [5.41, 5.74) is 9.25. The first-order valence-electron chi connectivity index (χ1n) is 9.42. The molecule has 128 valence electrons. The maximum atomic E-state index is 3.73. The van der Waals surface area contributed by atoms with Crippen LogP contribution in [0.25, 0.3) is 0 Å². The third-order valence-electron chi connectivity index (χ3n) is 5.25. The zero-order chi connectivity index (χ0) is 17.1. The van der Waals surface area contributed by atoms with E-state index in [-0.39, 0.29) is 6.04 Å². The van der Waals surface area contributed by atoms with Gasteiger partial charge in [-0.2, -0.15) is 0 Å². The van der Waals surface area contributed by atoms with Crippen LogP contribution in [-0.2, 0) is 0 Å². The molecule has 0 saturated carbocycles. The van der Waals surface area contributed by atoms with Gasteiger partial charge in [0.2, 0.25) is 0 Å². The maximum absolute atomic E-state index is 3.73. The lowest BCUT2D eigenvalue weighted by atomic mass is 9.87. The van der Waals surface area contributed by atoms with Crippen molar-refractivity contribution in [2.24, 2.45) is 0 Å². The van der Waals surface area contributed by atoms with Crippen molar-refractivity contribution in [1.29, 1.82) is 0 Å². The predicted molar refractivity (Wildman–Crippen MR) is 106 cm³/mol. The number of benzene rings is 2. The van der Waals surface area contributed by atoms with Gasteiger partial charge in [-0.1, -0.05) is 80.1 Å². The summed E-state index contributed by atoms with van der Waals surface area (Å²) in [4.78, 5) is 0. The van der Waals surface area contributed by atoms with Crippen LogP contribution in [0.15, 0.2) is 78.4 Å². The lowest BCUT2D eigenvalue weighted by Crippen LogP contribution is -2.35. The first-order chi connectivity index (χ1) is 12.4. The Hall–Kier alpha value is -2.32. The van der Waals surface area contributed by atoms with Gasteiger partial charge in [-0.05, 0) is 30.0 Å². The average molecular weight is 330 g/mol. The molecule has 1 N–H and O–H groups in total. The second-order valence-corrected chi connectivity index (χ2v) is 6.94. The van der Waals surface area contributed by atoms with Crippen LogP contribution in [0.4, 0.5) is 5.69 Å². The largest absolute Gasteiger partial charge is 0.307 e. The van der Waals surface area contributed by atoms with Gasteiger partial charge in [0.25, 0.3) is 0 Å². The van der Waals surface area contributed by atoms with Crippen molar-refractivity contribution in [1.82, 2.24) is 5.43 Å². The molecule has 0 saturated heterocycles. The highest BCUT2D eigenvalue weighted by Crippen LogP contribution is 2.39. The Bertz CT molecular complexity index is 776. The molecule has 0 bridgehead atoms. The molecule has 2 aromatic rings. The summed E-state index contributed by atoms with van der Waals surface area (Å²) in [7, 11) is 0. The van der Waals surface area contributed by atoms with Crippen LogP contribution < -0.4 is 10.4 Å². The minimum Gasteiger partial charge on any atom is -0.307 e. The van der Waals surface area contributed by atoms with Crippen LogP contribution in [-0.4, -0.2) is 6.54 Å². The van der Waals surface area contributed by atoms with Crippen molar-refractivity contribution in [2.45, 2.75) is 38.1 Å². The fraction of sp³-hybridized carbons (Fsp3) is 0.304. The fourth-order valence-electron chi connectivity index (χ4n) is 3.83. The van der Waals surface area contributed by atoms with Crippen molar-refractivity contribution in [3.63, 3.8) is 0 Å². The monoisotopic (exact) mass is 330 g/mol. The number of hydrogen-bond donors (Lipinski definition) is 1. The molecule has 2 atom stereocenters. The van der Waals surface area contributed by atoms with Gasteiger partial charge in [0.1, 0.15) is 0 Å². The summed E-state index contributed by atoms with van der Waals surface area (Å²) < 4.78 is 0. The van der Waals surface area contributed by atoms with E-state index in [1.807, 2.05) is 0 Å². The van der Waals surface area contributed by atoms with Crippen molar-refractivity contribution in [2.75, 3.05) is 11.6 Å². The molecule has 2 aliphatic rings. The van der Waals surface area contributed by atoms with Gasteiger partial charge < -0.3 is 5.01 Å².